The molecular formula is C13H8BrClINO3S. The van der Waals surface area contributed by atoms with E-state index in [-0.39, 0.29) is 10.8 Å². The van der Waals surface area contributed by atoms with Gasteiger partial charge in [-0.25, -0.2) is 8.42 Å². The van der Waals surface area contributed by atoms with Gasteiger partial charge in [-0.15, -0.1) is 0 Å². The molecule has 4 nitrogen and oxygen atoms in total. The zero-order valence-electron chi connectivity index (χ0n) is 10.3. The van der Waals surface area contributed by atoms with Gasteiger partial charge >= 0.3 is 0 Å². The number of carbonyl (C=O) groups excluding carboxylic acids is 1. The maximum atomic E-state index is 12.2. The van der Waals surface area contributed by atoms with Crippen LogP contribution in [0.3, 0.4) is 0 Å². The molecule has 2 aromatic rings. The van der Waals surface area contributed by atoms with Crippen LogP contribution in [0.15, 0.2) is 51.8 Å². The molecule has 1 amide bonds. The lowest BCUT2D eigenvalue weighted by atomic mass is 10.2. The molecule has 110 valence electrons. The molecule has 0 saturated carbocycles. The van der Waals surface area contributed by atoms with Crippen molar-refractivity contribution < 1.29 is 13.2 Å². The predicted octanol–water partition coefficient (Wildman–Crippen LogP) is 4.23. The highest BCUT2D eigenvalue weighted by Crippen LogP contribution is 2.28. The van der Waals surface area contributed by atoms with E-state index in [2.05, 4.69) is 43.8 Å². The molecule has 0 aliphatic heterocycles. The van der Waals surface area contributed by atoms with Crippen molar-refractivity contribution in [1.82, 2.24) is 0 Å². The van der Waals surface area contributed by atoms with Gasteiger partial charge in [0.2, 0.25) is 0 Å². The molecule has 0 aliphatic carbocycles. The largest absolute Gasteiger partial charge is 0.321 e. The van der Waals surface area contributed by atoms with Crippen molar-refractivity contribution in [2.24, 2.45) is 0 Å². The summed E-state index contributed by atoms with van der Waals surface area (Å²) in [4.78, 5) is 12.1. The summed E-state index contributed by atoms with van der Waals surface area (Å²) in [5.41, 5.74) is 1.00. The van der Waals surface area contributed by atoms with E-state index in [4.69, 9.17) is 10.7 Å². The van der Waals surface area contributed by atoms with Gasteiger partial charge in [-0.05, 0) is 68.9 Å². The average molecular weight is 501 g/mol. The van der Waals surface area contributed by atoms with Crippen LogP contribution < -0.4 is 5.32 Å². The van der Waals surface area contributed by atoms with Crippen molar-refractivity contribution in [2.45, 2.75) is 4.90 Å². The van der Waals surface area contributed by atoms with E-state index in [9.17, 15) is 13.2 Å². The Bertz CT molecular complexity index is 811. The number of hydrogen-bond acceptors (Lipinski definition) is 3. The van der Waals surface area contributed by atoms with E-state index in [1.807, 2.05) is 12.1 Å². The first-order chi connectivity index (χ1) is 9.79. The Morgan fingerprint density at radius 1 is 1.19 bits per heavy atom. The lowest BCUT2D eigenvalue weighted by Crippen LogP contribution is -2.13. The van der Waals surface area contributed by atoms with Crippen molar-refractivity contribution in [3.05, 3.63) is 56.1 Å². The highest BCUT2D eigenvalue weighted by molar-refractivity contribution is 14.1. The molecule has 0 aromatic heterocycles. The summed E-state index contributed by atoms with van der Waals surface area (Å²) in [5.74, 6) is -0.276. The molecule has 2 aromatic carbocycles. The van der Waals surface area contributed by atoms with Gasteiger partial charge < -0.3 is 5.32 Å². The third-order valence-corrected chi connectivity index (χ3v) is 5.54. The Morgan fingerprint density at radius 3 is 2.43 bits per heavy atom. The monoisotopic (exact) mass is 499 g/mol. The van der Waals surface area contributed by atoms with Crippen molar-refractivity contribution in [3.63, 3.8) is 0 Å². The average Bonchev–Trinajstić information content (AvgIpc) is 2.40. The Hall–Kier alpha value is -0.640. The second-order valence-corrected chi connectivity index (χ2v) is 8.60. The lowest BCUT2D eigenvalue weighted by Gasteiger charge is -2.09. The van der Waals surface area contributed by atoms with Gasteiger partial charge in [0.15, 0.2) is 0 Å². The van der Waals surface area contributed by atoms with Crippen molar-refractivity contribution in [1.29, 1.82) is 0 Å². The molecular weight excluding hydrogens is 492 g/mol. The molecule has 0 heterocycles. The third-order valence-electron chi connectivity index (χ3n) is 2.59. The number of halogens is 3. The minimum atomic E-state index is -3.80. The summed E-state index contributed by atoms with van der Waals surface area (Å²) in [6.45, 7) is 0. The van der Waals surface area contributed by atoms with Crippen LogP contribution >= 0.6 is 49.2 Å². The molecule has 21 heavy (non-hydrogen) atoms. The molecule has 0 bridgehead atoms. The Kier molecular flexibility index (Phi) is 5.29. The van der Waals surface area contributed by atoms with E-state index >= 15 is 0 Å². The van der Waals surface area contributed by atoms with Crippen LogP contribution in [-0.2, 0) is 9.05 Å². The first-order valence-electron chi connectivity index (χ1n) is 5.59. The summed E-state index contributed by atoms with van der Waals surface area (Å²) in [6.07, 6.45) is 0. The van der Waals surface area contributed by atoms with Crippen LogP contribution in [0.4, 0.5) is 5.69 Å². The first kappa shape index (κ1) is 16.7. The standard InChI is InChI=1S/C13H8BrClINO3S/c14-10-7-8(21(15,19)20)5-6-12(10)17-13(18)9-3-1-2-4-11(9)16/h1-7H,(H,17,18). The van der Waals surface area contributed by atoms with E-state index in [0.29, 0.717) is 15.7 Å². The first-order valence-corrected chi connectivity index (χ1v) is 9.77. The second-order valence-electron chi connectivity index (χ2n) is 4.01. The summed E-state index contributed by atoms with van der Waals surface area (Å²) in [6, 6.07) is 11.3. The third kappa shape index (κ3) is 4.18. The van der Waals surface area contributed by atoms with E-state index < -0.39 is 9.05 Å². The van der Waals surface area contributed by atoms with Gasteiger partial charge in [0.25, 0.3) is 15.0 Å². The number of rotatable bonds is 3. The van der Waals surface area contributed by atoms with E-state index in [1.54, 1.807) is 12.1 Å². The molecule has 0 radical (unpaired) electrons. The quantitative estimate of drug-likeness (QED) is 0.507. The molecule has 0 atom stereocenters. The summed E-state index contributed by atoms with van der Waals surface area (Å²) < 4.78 is 23.7. The van der Waals surface area contributed by atoms with Crippen molar-refractivity contribution in [2.75, 3.05) is 5.32 Å². The molecule has 2 rings (SSSR count). The van der Waals surface area contributed by atoms with Crippen LogP contribution in [-0.4, -0.2) is 14.3 Å². The van der Waals surface area contributed by atoms with Crippen molar-refractivity contribution in [3.8, 4) is 0 Å². The number of nitrogens with one attached hydrogen (secondary N) is 1. The fraction of sp³-hybridized carbons (Fsp3) is 0. The van der Waals surface area contributed by atoms with Gasteiger partial charge in [-0.3, -0.25) is 4.79 Å². The molecule has 0 spiro atoms. The van der Waals surface area contributed by atoms with Crippen molar-refractivity contribution >= 4 is 69.8 Å². The topological polar surface area (TPSA) is 63.2 Å². The summed E-state index contributed by atoms with van der Waals surface area (Å²) in [5, 5.41) is 2.72. The normalized spacial score (nSPS) is 11.2. The zero-order chi connectivity index (χ0) is 15.6. The number of hydrogen-bond donors (Lipinski definition) is 1. The highest BCUT2D eigenvalue weighted by Gasteiger charge is 2.15. The zero-order valence-corrected chi connectivity index (χ0v) is 15.6. The van der Waals surface area contributed by atoms with E-state index in [0.717, 1.165) is 3.57 Å². The maximum Gasteiger partial charge on any atom is 0.261 e. The van der Waals surface area contributed by atoms with Crippen LogP contribution in [0.1, 0.15) is 10.4 Å². The van der Waals surface area contributed by atoms with Gasteiger partial charge in [-0.2, -0.15) is 0 Å². The summed E-state index contributed by atoms with van der Waals surface area (Å²) >= 11 is 5.29. The SMILES string of the molecule is O=C(Nc1ccc(S(=O)(=O)Cl)cc1Br)c1ccccc1I. The molecule has 0 saturated heterocycles. The van der Waals surface area contributed by atoms with E-state index in [1.165, 1.54) is 18.2 Å². The Morgan fingerprint density at radius 2 is 1.86 bits per heavy atom. The van der Waals surface area contributed by atoms with Crippen LogP contribution in [0.5, 0.6) is 0 Å². The highest BCUT2D eigenvalue weighted by atomic mass is 127. The second kappa shape index (κ2) is 6.64. The smallest absolute Gasteiger partial charge is 0.261 e. The predicted molar refractivity (Wildman–Crippen MR) is 94.3 cm³/mol. The minimum Gasteiger partial charge on any atom is -0.321 e. The number of carbonyl (C=O) groups is 1. The van der Waals surface area contributed by atoms with Crippen LogP contribution in [0.25, 0.3) is 0 Å². The molecule has 8 heteroatoms. The van der Waals surface area contributed by atoms with Crippen LogP contribution in [0.2, 0.25) is 0 Å². The number of anilines is 1. The fourth-order valence-corrected chi connectivity index (χ4v) is 3.62. The molecule has 0 aliphatic rings. The minimum absolute atomic E-state index is 0.0386. The lowest BCUT2D eigenvalue weighted by molar-refractivity contribution is 0.102. The Labute approximate surface area is 148 Å². The van der Waals surface area contributed by atoms with Gasteiger partial charge in [0, 0.05) is 18.7 Å². The fourth-order valence-electron chi connectivity index (χ4n) is 1.58. The summed E-state index contributed by atoms with van der Waals surface area (Å²) in [7, 11) is 1.47. The van der Waals surface area contributed by atoms with Gasteiger partial charge in [-0.1, -0.05) is 12.1 Å². The number of amides is 1. The van der Waals surface area contributed by atoms with Gasteiger partial charge in [0.1, 0.15) is 0 Å². The number of benzene rings is 2. The molecule has 0 fully saturated rings. The van der Waals surface area contributed by atoms with Gasteiger partial charge in [0.05, 0.1) is 16.1 Å². The maximum absolute atomic E-state index is 12.2. The Balaban J connectivity index is 2.29. The van der Waals surface area contributed by atoms with Crippen LogP contribution in [0, 0.1) is 3.57 Å². The molecule has 1 N–H and O–H groups in total. The molecule has 0 unspecified atom stereocenters.